The Hall–Kier alpha value is -2.15. The minimum atomic E-state index is 0.271. The summed E-state index contributed by atoms with van der Waals surface area (Å²) in [6, 6.07) is 7.72. The molecule has 4 heteroatoms. The molecule has 2 rings (SSSR count). The zero-order chi connectivity index (χ0) is 9.80. The number of pyridine rings is 1. The second-order valence-electron chi connectivity index (χ2n) is 2.80. The van der Waals surface area contributed by atoms with E-state index in [-0.39, 0.29) is 6.54 Å². The Balaban J connectivity index is 2.31. The smallest absolute Gasteiger partial charge is 0.128 e. The van der Waals surface area contributed by atoms with E-state index in [9.17, 15) is 0 Å². The van der Waals surface area contributed by atoms with Crippen molar-refractivity contribution in [2.24, 2.45) is 0 Å². The van der Waals surface area contributed by atoms with Crippen LogP contribution in [0, 0.1) is 11.3 Å². The fraction of sp³-hybridized carbons (Fsp3) is 0.100. The third-order valence-electron chi connectivity index (χ3n) is 1.83. The van der Waals surface area contributed by atoms with Crippen molar-refractivity contribution in [1.29, 1.82) is 5.26 Å². The fourth-order valence-electron chi connectivity index (χ4n) is 1.19. The van der Waals surface area contributed by atoms with Crippen molar-refractivity contribution in [3.8, 4) is 17.3 Å². The van der Waals surface area contributed by atoms with Crippen LogP contribution in [0.15, 0.2) is 36.8 Å². The van der Waals surface area contributed by atoms with E-state index in [1.807, 2.05) is 30.5 Å². The highest BCUT2D eigenvalue weighted by atomic mass is 15.3. The molecule has 0 aliphatic carbocycles. The van der Waals surface area contributed by atoms with Crippen LogP contribution in [0.3, 0.4) is 0 Å². The van der Waals surface area contributed by atoms with E-state index in [1.165, 1.54) is 0 Å². The van der Waals surface area contributed by atoms with Crippen LogP contribution in [0.2, 0.25) is 0 Å². The van der Waals surface area contributed by atoms with Crippen molar-refractivity contribution in [3.05, 3.63) is 36.8 Å². The molecule has 0 unspecified atom stereocenters. The molecule has 0 atom stereocenters. The van der Waals surface area contributed by atoms with Crippen molar-refractivity contribution in [1.82, 2.24) is 14.8 Å². The van der Waals surface area contributed by atoms with E-state index in [1.54, 1.807) is 17.1 Å². The zero-order valence-corrected chi connectivity index (χ0v) is 7.46. The molecule has 0 N–H and O–H groups in total. The van der Waals surface area contributed by atoms with Crippen LogP contribution < -0.4 is 0 Å². The Morgan fingerprint density at radius 1 is 1.43 bits per heavy atom. The van der Waals surface area contributed by atoms with Crippen molar-refractivity contribution >= 4 is 0 Å². The van der Waals surface area contributed by atoms with Gasteiger partial charge in [0.15, 0.2) is 0 Å². The van der Waals surface area contributed by atoms with E-state index in [4.69, 9.17) is 5.26 Å². The summed E-state index contributed by atoms with van der Waals surface area (Å²) < 4.78 is 1.59. The highest BCUT2D eigenvalue weighted by molar-refractivity contribution is 5.56. The topological polar surface area (TPSA) is 54.5 Å². The number of nitrogens with zero attached hydrogens (tertiary/aromatic N) is 4. The summed E-state index contributed by atoms with van der Waals surface area (Å²) in [7, 11) is 0. The summed E-state index contributed by atoms with van der Waals surface area (Å²) in [5.74, 6) is 0. The first-order valence-electron chi connectivity index (χ1n) is 4.21. The van der Waals surface area contributed by atoms with Gasteiger partial charge in [-0.2, -0.15) is 10.4 Å². The van der Waals surface area contributed by atoms with Crippen molar-refractivity contribution in [2.45, 2.75) is 6.54 Å². The number of rotatable bonds is 2. The van der Waals surface area contributed by atoms with E-state index in [0.717, 1.165) is 11.3 Å². The van der Waals surface area contributed by atoms with Gasteiger partial charge in [0.25, 0.3) is 0 Å². The van der Waals surface area contributed by atoms with Crippen LogP contribution in [0.5, 0.6) is 0 Å². The van der Waals surface area contributed by atoms with Gasteiger partial charge in [-0.25, -0.2) is 0 Å². The third-order valence-corrected chi connectivity index (χ3v) is 1.83. The van der Waals surface area contributed by atoms with Crippen molar-refractivity contribution in [3.63, 3.8) is 0 Å². The molecule has 4 nitrogen and oxygen atoms in total. The first kappa shape index (κ1) is 8.45. The maximum atomic E-state index is 8.47. The van der Waals surface area contributed by atoms with Crippen LogP contribution in [-0.2, 0) is 6.54 Å². The van der Waals surface area contributed by atoms with Crippen LogP contribution in [-0.4, -0.2) is 14.8 Å². The second-order valence-corrected chi connectivity index (χ2v) is 2.80. The van der Waals surface area contributed by atoms with Crippen LogP contribution in [0.25, 0.3) is 11.3 Å². The van der Waals surface area contributed by atoms with Gasteiger partial charge in [0.2, 0.25) is 0 Å². The predicted octanol–water partition coefficient (Wildman–Crippen LogP) is 1.47. The summed E-state index contributed by atoms with van der Waals surface area (Å²) in [5, 5.41) is 12.5. The van der Waals surface area contributed by atoms with E-state index in [2.05, 4.69) is 10.1 Å². The maximum absolute atomic E-state index is 8.47. The molecular formula is C10H8N4. The molecular weight excluding hydrogens is 176 g/mol. The van der Waals surface area contributed by atoms with Gasteiger partial charge in [0.1, 0.15) is 6.54 Å². The number of aromatic nitrogens is 3. The molecule has 2 aromatic heterocycles. The predicted molar refractivity (Wildman–Crippen MR) is 51.1 cm³/mol. The molecule has 0 bridgehead atoms. The summed E-state index contributed by atoms with van der Waals surface area (Å²) in [6.45, 7) is 0.271. The average Bonchev–Trinajstić information content (AvgIpc) is 2.68. The molecule has 0 aliphatic heterocycles. The summed E-state index contributed by atoms with van der Waals surface area (Å²) in [4.78, 5) is 4.19. The Labute approximate surface area is 81.4 Å². The van der Waals surface area contributed by atoms with Gasteiger partial charge in [-0.15, -0.1) is 0 Å². The molecule has 2 aromatic rings. The van der Waals surface area contributed by atoms with Gasteiger partial charge in [-0.3, -0.25) is 9.67 Å². The molecule has 0 fully saturated rings. The van der Waals surface area contributed by atoms with E-state index >= 15 is 0 Å². The van der Waals surface area contributed by atoms with Crippen LogP contribution >= 0.6 is 0 Å². The Morgan fingerprint density at radius 2 is 2.36 bits per heavy atom. The standard InChI is InChI=1S/C10H8N4/c11-4-6-14-8-9(7-13-14)10-3-1-2-5-12-10/h1-3,5,7-8H,6H2. The van der Waals surface area contributed by atoms with Gasteiger partial charge in [0.05, 0.1) is 18.0 Å². The quantitative estimate of drug-likeness (QED) is 0.710. The first-order chi connectivity index (χ1) is 6.90. The second kappa shape index (κ2) is 3.71. The van der Waals surface area contributed by atoms with Crippen LogP contribution in [0.1, 0.15) is 0 Å². The average molecular weight is 184 g/mol. The molecule has 0 radical (unpaired) electrons. The fourth-order valence-corrected chi connectivity index (χ4v) is 1.19. The van der Waals surface area contributed by atoms with Gasteiger partial charge >= 0.3 is 0 Å². The lowest BCUT2D eigenvalue weighted by Gasteiger charge is -1.93. The van der Waals surface area contributed by atoms with Gasteiger partial charge < -0.3 is 0 Å². The van der Waals surface area contributed by atoms with Gasteiger partial charge in [0, 0.05) is 18.0 Å². The van der Waals surface area contributed by atoms with Crippen LogP contribution in [0.4, 0.5) is 0 Å². The van der Waals surface area contributed by atoms with Gasteiger partial charge in [-0.05, 0) is 12.1 Å². The van der Waals surface area contributed by atoms with E-state index < -0.39 is 0 Å². The molecule has 0 saturated heterocycles. The highest BCUT2D eigenvalue weighted by Crippen LogP contribution is 2.14. The minimum absolute atomic E-state index is 0.271. The van der Waals surface area contributed by atoms with Crippen molar-refractivity contribution in [2.75, 3.05) is 0 Å². The summed E-state index contributed by atoms with van der Waals surface area (Å²) in [5.41, 5.74) is 1.80. The molecule has 0 aromatic carbocycles. The normalized spacial score (nSPS) is 9.64. The molecule has 0 amide bonds. The summed E-state index contributed by atoms with van der Waals surface area (Å²) in [6.07, 6.45) is 5.25. The van der Waals surface area contributed by atoms with Crippen molar-refractivity contribution < 1.29 is 0 Å². The molecule has 14 heavy (non-hydrogen) atoms. The third kappa shape index (κ3) is 1.62. The lowest BCUT2D eigenvalue weighted by molar-refractivity contribution is 0.710. The Bertz CT molecular complexity index is 452. The lowest BCUT2D eigenvalue weighted by Crippen LogP contribution is -1.94. The molecule has 68 valence electrons. The molecule has 0 saturated carbocycles. The zero-order valence-electron chi connectivity index (χ0n) is 7.46. The molecule has 2 heterocycles. The largest absolute Gasteiger partial charge is 0.258 e. The number of hydrogen-bond donors (Lipinski definition) is 0. The monoisotopic (exact) mass is 184 g/mol. The highest BCUT2D eigenvalue weighted by Gasteiger charge is 2.00. The van der Waals surface area contributed by atoms with Gasteiger partial charge in [-0.1, -0.05) is 6.07 Å². The number of nitriles is 1. The van der Waals surface area contributed by atoms with E-state index in [0.29, 0.717) is 0 Å². The number of hydrogen-bond acceptors (Lipinski definition) is 3. The maximum Gasteiger partial charge on any atom is 0.128 e. The SMILES string of the molecule is N#CCn1cc(-c2ccccn2)cn1. The Kier molecular flexibility index (Phi) is 2.24. The minimum Gasteiger partial charge on any atom is -0.258 e. The summed E-state index contributed by atoms with van der Waals surface area (Å²) >= 11 is 0. The Morgan fingerprint density at radius 3 is 3.07 bits per heavy atom. The molecule has 0 aliphatic rings. The lowest BCUT2D eigenvalue weighted by atomic mass is 10.2. The molecule has 0 spiro atoms. The first-order valence-corrected chi connectivity index (χ1v) is 4.21.